The second-order valence-corrected chi connectivity index (χ2v) is 27.4. The normalized spacial score (nSPS) is 12.8. The van der Waals surface area contributed by atoms with Crippen LogP contribution < -0.4 is 31.1 Å². The first kappa shape index (κ1) is 49.3. The highest BCUT2D eigenvalue weighted by molar-refractivity contribution is 7.26. The number of rotatable bonds is 22. The molecule has 10 aromatic rings. The molecule has 11 rings (SSSR count). The average molecular weight is 1020 g/mol. The third-order valence-corrected chi connectivity index (χ3v) is 24.2. The molecule has 4 heteroatoms. The van der Waals surface area contributed by atoms with Crippen molar-refractivity contribution in [2.24, 2.45) is 0 Å². The van der Waals surface area contributed by atoms with E-state index < -0.39 is 17.6 Å². The Bertz CT molecular complexity index is 3080. The van der Waals surface area contributed by atoms with Gasteiger partial charge in [0.05, 0.1) is 0 Å². The monoisotopic (exact) mass is 1020 g/mol. The molecule has 0 fully saturated rings. The van der Waals surface area contributed by atoms with E-state index in [1.54, 1.807) is 11.1 Å². The van der Waals surface area contributed by atoms with Gasteiger partial charge in [0, 0.05) is 24.6 Å². The molecule has 364 valence electrons. The van der Waals surface area contributed by atoms with E-state index in [-0.39, 0.29) is 5.41 Å². The molecule has 73 heavy (non-hydrogen) atoms. The minimum atomic E-state index is -1.37. The van der Waals surface area contributed by atoms with Crippen LogP contribution in [0.25, 0.3) is 52.2 Å². The van der Waals surface area contributed by atoms with E-state index in [1.807, 2.05) is 22.7 Å². The summed E-state index contributed by atoms with van der Waals surface area (Å²) in [5, 5.41) is 11.6. The van der Waals surface area contributed by atoms with Crippen LogP contribution in [0.4, 0.5) is 0 Å². The molecule has 0 unspecified atom stereocenters. The van der Waals surface area contributed by atoms with Crippen molar-refractivity contribution in [2.45, 2.75) is 109 Å². The topological polar surface area (TPSA) is 0 Å². The summed E-state index contributed by atoms with van der Waals surface area (Å²) in [5.74, 6) is 0. The second kappa shape index (κ2) is 23.1. The number of hydrogen-bond acceptors (Lipinski definition) is 2. The molecular formula is C69H68S2Si2. The molecule has 0 N–H and O–H groups in total. The summed E-state index contributed by atoms with van der Waals surface area (Å²) >= 11 is 4.03. The van der Waals surface area contributed by atoms with Crippen LogP contribution in [0.3, 0.4) is 0 Å². The SMILES string of the molecule is CCCCCCCCC1(CCCCCCCC)c2cc(-c3sc4ccccc4c3[Si](c3ccccc3)c3ccccc3)ccc2-c2ccc(-c3sc4ccccc4c3[Si](c3ccccc3)c3ccccc3)cc21. The molecule has 1 aliphatic carbocycles. The maximum Gasteiger partial charge on any atom is 0.157 e. The van der Waals surface area contributed by atoms with Gasteiger partial charge in [-0.15, -0.1) is 22.7 Å². The maximum atomic E-state index is 2.73. The van der Waals surface area contributed by atoms with Crippen LogP contribution in [0.5, 0.6) is 0 Å². The highest BCUT2D eigenvalue weighted by atomic mass is 32.1. The van der Waals surface area contributed by atoms with E-state index in [9.17, 15) is 0 Å². The van der Waals surface area contributed by atoms with E-state index in [1.165, 1.54) is 173 Å². The standard InChI is InChI=1S/C69H68S2Si2/c1-3-5-7-9-11-29-47-69(48-30-12-10-8-6-4-2)61-49-51(65-67(59-39-25-27-41-63(59)70-65)72(53-31-17-13-18-32-53)54-33-19-14-20-34-54)43-45-57(61)58-46-44-52(50-62(58)69)66-68(60-40-26-28-42-64(60)71-66)73(55-35-21-15-22-36-55)56-37-23-16-24-38-56/h13-28,31-46,49-50H,3-12,29-30,47-48H2,1-2H3. The predicted octanol–water partition coefficient (Wildman–Crippen LogP) is 16.3. The van der Waals surface area contributed by atoms with Crippen LogP contribution in [0.1, 0.15) is 115 Å². The first-order chi connectivity index (χ1) is 36.2. The number of benzene rings is 8. The first-order valence-electron chi connectivity index (χ1n) is 27.5. The summed E-state index contributed by atoms with van der Waals surface area (Å²) in [7, 11) is -2.73. The molecular weight excluding hydrogens is 949 g/mol. The van der Waals surface area contributed by atoms with Crippen molar-refractivity contribution in [3.8, 4) is 32.0 Å². The van der Waals surface area contributed by atoms with Crippen LogP contribution in [0.2, 0.25) is 0 Å². The molecule has 0 spiro atoms. The highest BCUT2D eigenvalue weighted by Gasteiger charge is 2.43. The fraction of sp³-hybridized carbons (Fsp3) is 0.246. The van der Waals surface area contributed by atoms with Gasteiger partial charge >= 0.3 is 0 Å². The quantitative estimate of drug-likeness (QED) is 0.0469. The molecule has 0 atom stereocenters. The van der Waals surface area contributed by atoms with Crippen molar-refractivity contribution in [3.05, 3.63) is 217 Å². The Hall–Kier alpha value is -5.89. The predicted molar refractivity (Wildman–Crippen MR) is 325 cm³/mol. The number of thiophene rings is 2. The van der Waals surface area contributed by atoms with Crippen LogP contribution in [-0.4, -0.2) is 17.6 Å². The van der Waals surface area contributed by atoms with Gasteiger partial charge in [0.2, 0.25) is 0 Å². The first-order valence-corrected chi connectivity index (χ1v) is 32.1. The lowest BCUT2D eigenvalue weighted by atomic mass is 9.70. The summed E-state index contributed by atoms with van der Waals surface area (Å²) < 4.78 is 2.76. The third-order valence-electron chi connectivity index (χ3n) is 15.7. The molecule has 8 aromatic carbocycles. The smallest absolute Gasteiger partial charge is 0.135 e. The van der Waals surface area contributed by atoms with Crippen molar-refractivity contribution in [2.75, 3.05) is 0 Å². The molecule has 0 bridgehead atoms. The van der Waals surface area contributed by atoms with Crippen LogP contribution in [0, 0.1) is 0 Å². The van der Waals surface area contributed by atoms with Gasteiger partial charge in [0.25, 0.3) is 0 Å². The summed E-state index contributed by atoms with van der Waals surface area (Å²) in [6.07, 6.45) is 18.0. The van der Waals surface area contributed by atoms with Gasteiger partial charge in [-0.05, 0) is 91.6 Å². The van der Waals surface area contributed by atoms with Gasteiger partial charge in [-0.3, -0.25) is 0 Å². The Kier molecular flexibility index (Phi) is 15.6. The lowest BCUT2D eigenvalue weighted by Crippen LogP contribution is -2.52. The summed E-state index contributed by atoms with van der Waals surface area (Å²) in [4.78, 5) is 2.89. The lowest BCUT2D eigenvalue weighted by molar-refractivity contribution is 0.398. The molecule has 1 aliphatic rings. The van der Waals surface area contributed by atoms with E-state index in [4.69, 9.17) is 0 Å². The van der Waals surface area contributed by atoms with Crippen molar-refractivity contribution in [1.82, 2.24) is 0 Å². The van der Waals surface area contributed by atoms with Crippen LogP contribution in [0.15, 0.2) is 206 Å². The molecule has 0 amide bonds. The van der Waals surface area contributed by atoms with E-state index >= 15 is 0 Å². The Labute approximate surface area is 447 Å². The van der Waals surface area contributed by atoms with E-state index in [0.717, 1.165) is 0 Å². The van der Waals surface area contributed by atoms with Crippen molar-refractivity contribution < 1.29 is 0 Å². The largest absolute Gasteiger partial charge is 0.157 e. The van der Waals surface area contributed by atoms with Gasteiger partial charge in [-0.1, -0.05) is 294 Å². The summed E-state index contributed by atoms with van der Waals surface area (Å²) in [6.45, 7) is 4.68. The van der Waals surface area contributed by atoms with Crippen molar-refractivity contribution >= 4 is 91.6 Å². The Morgan fingerprint density at radius 3 is 1.04 bits per heavy atom. The zero-order valence-corrected chi connectivity index (χ0v) is 46.5. The Morgan fingerprint density at radius 2 is 0.671 bits per heavy atom. The fourth-order valence-corrected chi connectivity index (χ4v) is 21.1. The third kappa shape index (κ3) is 10.1. The number of fused-ring (bicyclic) bond motifs is 5. The van der Waals surface area contributed by atoms with Crippen LogP contribution in [-0.2, 0) is 5.41 Å². The number of hydrogen-bond donors (Lipinski definition) is 0. The molecule has 0 nitrogen and oxygen atoms in total. The maximum absolute atomic E-state index is 2.73. The molecule has 2 heterocycles. The van der Waals surface area contributed by atoms with Crippen molar-refractivity contribution in [3.63, 3.8) is 0 Å². The van der Waals surface area contributed by atoms with E-state index in [2.05, 4.69) is 220 Å². The van der Waals surface area contributed by atoms with Gasteiger partial charge in [-0.25, -0.2) is 0 Å². The van der Waals surface area contributed by atoms with Crippen LogP contribution >= 0.6 is 22.7 Å². The molecule has 2 aromatic heterocycles. The Balaban J connectivity index is 1.11. The second-order valence-electron chi connectivity index (χ2n) is 20.5. The highest BCUT2D eigenvalue weighted by Crippen LogP contribution is 2.56. The van der Waals surface area contributed by atoms with E-state index in [0.29, 0.717) is 0 Å². The fourth-order valence-electron chi connectivity index (χ4n) is 12.2. The minimum Gasteiger partial charge on any atom is -0.135 e. The molecule has 0 saturated heterocycles. The molecule has 0 saturated carbocycles. The van der Waals surface area contributed by atoms with Gasteiger partial charge in [-0.2, -0.15) is 0 Å². The Morgan fingerprint density at radius 1 is 0.342 bits per heavy atom. The number of unbranched alkanes of at least 4 members (excludes halogenated alkanes) is 10. The van der Waals surface area contributed by atoms with Gasteiger partial charge in [0.15, 0.2) is 17.6 Å². The summed E-state index contributed by atoms with van der Waals surface area (Å²) in [5.41, 5.74) is 8.75. The average Bonchev–Trinajstić information content (AvgIpc) is 4.10. The summed E-state index contributed by atoms with van der Waals surface area (Å²) in [6, 6.07) is 79.7. The zero-order chi connectivity index (χ0) is 49.4. The minimum absolute atomic E-state index is 0.0842. The lowest BCUT2D eigenvalue weighted by Gasteiger charge is -2.33. The molecule has 0 aliphatic heterocycles. The van der Waals surface area contributed by atoms with Crippen molar-refractivity contribution in [1.29, 1.82) is 0 Å². The van der Waals surface area contributed by atoms with Gasteiger partial charge < -0.3 is 0 Å². The van der Waals surface area contributed by atoms with Gasteiger partial charge in [0.1, 0.15) is 0 Å². The molecule has 2 radical (unpaired) electrons. The zero-order valence-electron chi connectivity index (χ0n) is 42.8.